The molecule has 46 heavy (non-hydrogen) atoms. The molecular formula is C38H45N3O5. The fourth-order valence-corrected chi connectivity index (χ4v) is 11.3. The molecule has 8 nitrogen and oxygen atoms in total. The number of carboxylic acids is 1. The van der Waals surface area contributed by atoms with E-state index in [2.05, 4.69) is 34.9 Å². The van der Waals surface area contributed by atoms with Crippen molar-refractivity contribution in [2.24, 2.45) is 35.0 Å². The molecule has 1 saturated heterocycles. The van der Waals surface area contributed by atoms with Crippen LogP contribution in [0.25, 0.3) is 0 Å². The summed E-state index contributed by atoms with van der Waals surface area (Å²) < 4.78 is 0. The lowest BCUT2D eigenvalue weighted by Crippen LogP contribution is -2.56. The van der Waals surface area contributed by atoms with Crippen molar-refractivity contribution in [1.29, 1.82) is 0 Å². The van der Waals surface area contributed by atoms with E-state index in [1.165, 1.54) is 45.4 Å². The van der Waals surface area contributed by atoms with Gasteiger partial charge in [-0.25, -0.2) is 0 Å². The van der Waals surface area contributed by atoms with Crippen LogP contribution >= 0.6 is 0 Å². The number of nitrogens with zero attached hydrogens (tertiary/aromatic N) is 1. The van der Waals surface area contributed by atoms with E-state index >= 15 is 0 Å². The van der Waals surface area contributed by atoms with Crippen LogP contribution in [0.2, 0.25) is 0 Å². The number of rotatable bonds is 8. The second-order valence-electron chi connectivity index (χ2n) is 15.6. The van der Waals surface area contributed by atoms with E-state index in [1.54, 1.807) is 0 Å². The first-order valence-electron chi connectivity index (χ1n) is 17.5. The molecule has 0 spiro atoms. The van der Waals surface area contributed by atoms with Gasteiger partial charge in [0.25, 0.3) is 0 Å². The number of carbonyl (C=O) groups excluding carboxylic acids is 3. The van der Waals surface area contributed by atoms with Crippen molar-refractivity contribution in [2.45, 2.75) is 88.6 Å². The Kier molecular flexibility index (Phi) is 7.26. The molecule has 4 saturated carbocycles. The summed E-state index contributed by atoms with van der Waals surface area (Å²) in [6.07, 6.45) is 9.20. The summed E-state index contributed by atoms with van der Waals surface area (Å²) in [4.78, 5) is 55.6. The highest BCUT2D eigenvalue weighted by molar-refractivity contribution is 5.93. The predicted octanol–water partition coefficient (Wildman–Crippen LogP) is 4.81. The molecule has 2 aromatic carbocycles. The van der Waals surface area contributed by atoms with Gasteiger partial charge < -0.3 is 20.6 Å². The number of carboxylic acid groups (broad SMARTS) is 1. The van der Waals surface area contributed by atoms with E-state index in [9.17, 15) is 24.3 Å². The van der Waals surface area contributed by atoms with Crippen LogP contribution in [0.3, 0.4) is 0 Å². The first kappa shape index (κ1) is 29.7. The molecular weight excluding hydrogens is 578 g/mol. The van der Waals surface area contributed by atoms with Crippen LogP contribution in [0.5, 0.6) is 0 Å². The smallest absolute Gasteiger partial charge is 0.325 e. The Balaban J connectivity index is 1.11. The van der Waals surface area contributed by atoms with Crippen molar-refractivity contribution in [1.82, 2.24) is 15.5 Å². The van der Waals surface area contributed by atoms with Gasteiger partial charge in [0, 0.05) is 37.4 Å². The first-order chi connectivity index (χ1) is 22.2. The van der Waals surface area contributed by atoms with Gasteiger partial charge in [-0.3, -0.25) is 19.2 Å². The van der Waals surface area contributed by atoms with Crippen LogP contribution in [0.1, 0.15) is 98.8 Å². The molecule has 2 aromatic rings. The van der Waals surface area contributed by atoms with Gasteiger partial charge in [-0.15, -0.1) is 0 Å². The van der Waals surface area contributed by atoms with Crippen molar-refractivity contribution in [3.8, 4) is 0 Å². The second kappa shape index (κ2) is 11.2. The monoisotopic (exact) mass is 623 g/mol. The first-order valence-corrected chi connectivity index (χ1v) is 17.5. The van der Waals surface area contributed by atoms with Crippen molar-refractivity contribution in [3.63, 3.8) is 0 Å². The second-order valence-corrected chi connectivity index (χ2v) is 15.6. The van der Waals surface area contributed by atoms with Crippen LogP contribution in [0, 0.1) is 35.0 Å². The van der Waals surface area contributed by atoms with Gasteiger partial charge in [0.15, 0.2) is 0 Å². The normalized spacial score (nSPS) is 35.3. The molecule has 242 valence electrons. The molecule has 8 heteroatoms. The molecule has 0 aromatic heterocycles. The molecule has 3 N–H and O–H groups in total. The van der Waals surface area contributed by atoms with Gasteiger partial charge in [0.05, 0.1) is 11.8 Å². The summed E-state index contributed by atoms with van der Waals surface area (Å²) in [7, 11) is 0. The SMILES string of the molecule is C[C@@H](NC(=O)C[C@H]1CCCN1C(=O)C1C2c3ccccc3C(c3ccccc32)C1C(=O)NCC12CC3CC(CC(C3)C1)C2)C(=O)O. The highest BCUT2D eigenvalue weighted by Crippen LogP contribution is 2.61. The van der Waals surface area contributed by atoms with E-state index in [0.29, 0.717) is 19.5 Å². The third kappa shape index (κ3) is 4.85. The molecule has 10 rings (SSSR count). The third-order valence-corrected chi connectivity index (χ3v) is 12.7. The fraction of sp³-hybridized carbons (Fsp3) is 0.579. The lowest BCUT2D eigenvalue weighted by molar-refractivity contribution is -0.146. The maximum absolute atomic E-state index is 14.9. The minimum absolute atomic E-state index is 0.0168. The quantitative estimate of drug-likeness (QED) is 0.390. The number of nitrogens with one attached hydrogen (secondary N) is 2. The van der Waals surface area contributed by atoms with Crippen LogP contribution in [-0.4, -0.2) is 58.9 Å². The molecule has 4 atom stereocenters. The third-order valence-electron chi connectivity index (χ3n) is 12.7. The van der Waals surface area contributed by atoms with Crippen molar-refractivity contribution in [2.75, 3.05) is 13.1 Å². The summed E-state index contributed by atoms with van der Waals surface area (Å²) in [6.45, 7) is 2.67. The zero-order valence-electron chi connectivity index (χ0n) is 26.6. The average Bonchev–Trinajstić information content (AvgIpc) is 3.50. The van der Waals surface area contributed by atoms with Gasteiger partial charge in [-0.2, -0.15) is 0 Å². The lowest BCUT2D eigenvalue weighted by Gasteiger charge is -2.57. The summed E-state index contributed by atoms with van der Waals surface area (Å²) in [6, 6.07) is 15.3. The van der Waals surface area contributed by atoms with Crippen molar-refractivity contribution < 1.29 is 24.3 Å². The Morgan fingerprint density at radius 3 is 1.89 bits per heavy atom. The number of benzene rings is 2. The topological polar surface area (TPSA) is 116 Å². The minimum Gasteiger partial charge on any atom is -0.480 e. The van der Waals surface area contributed by atoms with Crippen LogP contribution in [0.15, 0.2) is 48.5 Å². The van der Waals surface area contributed by atoms with E-state index < -0.39 is 23.8 Å². The number of hydrogen-bond acceptors (Lipinski definition) is 4. The van der Waals surface area contributed by atoms with E-state index in [-0.39, 0.29) is 47.4 Å². The van der Waals surface area contributed by atoms with Gasteiger partial charge >= 0.3 is 5.97 Å². The summed E-state index contributed by atoms with van der Waals surface area (Å²) in [5, 5.41) is 15.3. The van der Waals surface area contributed by atoms with E-state index in [0.717, 1.165) is 46.4 Å². The molecule has 2 unspecified atom stereocenters. The minimum atomic E-state index is -1.09. The molecule has 1 aliphatic heterocycles. The maximum atomic E-state index is 14.9. The number of aliphatic carboxylic acids is 1. The predicted molar refractivity (Wildman–Crippen MR) is 172 cm³/mol. The fourth-order valence-electron chi connectivity index (χ4n) is 11.3. The lowest BCUT2D eigenvalue weighted by atomic mass is 9.49. The molecule has 7 aliphatic carbocycles. The van der Waals surface area contributed by atoms with E-state index in [1.807, 2.05) is 29.2 Å². The van der Waals surface area contributed by atoms with Crippen molar-refractivity contribution >= 4 is 23.7 Å². The molecule has 5 fully saturated rings. The zero-order chi connectivity index (χ0) is 31.7. The Hall–Kier alpha value is -3.68. The van der Waals surface area contributed by atoms with Gasteiger partial charge in [-0.1, -0.05) is 48.5 Å². The highest BCUT2D eigenvalue weighted by Gasteiger charge is 2.57. The number of likely N-dealkylation sites (tertiary alicyclic amines) is 1. The summed E-state index contributed by atoms with van der Waals surface area (Å²) in [5.41, 5.74) is 4.72. The van der Waals surface area contributed by atoms with Crippen LogP contribution in [-0.2, 0) is 19.2 Å². The van der Waals surface area contributed by atoms with Gasteiger partial charge in [0.2, 0.25) is 17.7 Å². The largest absolute Gasteiger partial charge is 0.480 e. The Bertz CT molecular complexity index is 1500. The van der Waals surface area contributed by atoms with Gasteiger partial charge in [0.1, 0.15) is 6.04 Å². The molecule has 3 amide bonds. The molecule has 0 radical (unpaired) electrons. The van der Waals surface area contributed by atoms with Crippen LogP contribution in [0.4, 0.5) is 0 Å². The molecule has 8 aliphatic rings. The summed E-state index contributed by atoms with van der Waals surface area (Å²) in [5.74, 6) is -0.737. The average molecular weight is 624 g/mol. The number of hydrogen-bond donors (Lipinski definition) is 3. The Morgan fingerprint density at radius 1 is 0.848 bits per heavy atom. The van der Waals surface area contributed by atoms with E-state index in [4.69, 9.17) is 0 Å². The highest BCUT2D eigenvalue weighted by atomic mass is 16.4. The Morgan fingerprint density at radius 2 is 1.37 bits per heavy atom. The van der Waals surface area contributed by atoms with Gasteiger partial charge in [-0.05, 0) is 104 Å². The standard InChI is InChI=1S/C38H45N3O5/c1-21(37(45)46)40-30(42)16-25-7-6-12-41(25)36(44)34-32-28-10-4-2-8-26(28)31(27-9-3-5-11-29(27)32)33(34)35(43)39-20-38-17-22-13-23(18-38)15-24(14-22)19-38/h2-5,8-11,21-25,31-34H,6-7,12-20H2,1H3,(H,39,43)(H,40,42)(H,45,46)/t21-,22?,23?,24?,25-,31?,32?,33?,34?,38?/m1/s1. The zero-order valence-corrected chi connectivity index (χ0v) is 26.6. The number of fused-ring (bicyclic) bond motifs is 1. The number of amides is 3. The maximum Gasteiger partial charge on any atom is 0.325 e. The Labute approximate surface area is 270 Å². The molecule has 1 heterocycles. The molecule has 6 bridgehead atoms. The number of carbonyl (C=O) groups is 4. The summed E-state index contributed by atoms with van der Waals surface area (Å²) >= 11 is 0. The van der Waals surface area contributed by atoms with Crippen molar-refractivity contribution in [3.05, 3.63) is 70.8 Å². The van der Waals surface area contributed by atoms with Crippen LogP contribution < -0.4 is 10.6 Å².